The average Bonchev–Trinajstić information content (AvgIpc) is 2.44. The zero-order valence-electron chi connectivity index (χ0n) is 12.7. The standard InChI is InChI=1S/C15H23NO5/c1-3-21-13(19)11-12(18)15(2)7-6-9-16(14(15)20)8-4-5-10-17/h10H,3-9,11H2,1-2H3. The van der Waals surface area contributed by atoms with Crippen molar-refractivity contribution in [2.45, 2.75) is 46.0 Å². The van der Waals surface area contributed by atoms with Crippen LogP contribution in [-0.4, -0.2) is 48.5 Å². The molecule has 6 nitrogen and oxygen atoms in total. The minimum atomic E-state index is -1.15. The zero-order valence-corrected chi connectivity index (χ0v) is 12.7. The first-order valence-electron chi connectivity index (χ1n) is 7.37. The van der Waals surface area contributed by atoms with Crippen molar-refractivity contribution in [2.24, 2.45) is 5.41 Å². The van der Waals surface area contributed by atoms with Gasteiger partial charge in [0.1, 0.15) is 18.1 Å². The predicted octanol–water partition coefficient (Wildman–Crippen LogP) is 1.12. The van der Waals surface area contributed by atoms with E-state index in [-0.39, 0.29) is 24.7 Å². The van der Waals surface area contributed by atoms with Crippen molar-refractivity contribution >= 4 is 23.9 Å². The Balaban J connectivity index is 2.69. The van der Waals surface area contributed by atoms with Crippen LogP contribution in [0.25, 0.3) is 0 Å². The SMILES string of the molecule is CCOC(=O)CC(=O)C1(C)CCCN(CCCC=O)C1=O. The highest BCUT2D eigenvalue weighted by Crippen LogP contribution is 2.33. The van der Waals surface area contributed by atoms with Crippen molar-refractivity contribution in [1.29, 1.82) is 0 Å². The Hall–Kier alpha value is -1.72. The maximum absolute atomic E-state index is 12.5. The van der Waals surface area contributed by atoms with Crippen LogP contribution in [-0.2, 0) is 23.9 Å². The van der Waals surface area contributed by atoms with Gasteiger partial charge in [-0.3, -0.25) is 14.4 Å². The number of esters is 1. The van der Waals surface area contributed by atoms with Crippen molar-refractivity contribution in [3.8, 4) is 0 Å². The van der Waals surface area contributed by atoms with Gasteiger partial charge in [-0.05, 0) is 33.1 Å². The molecule has 1 heterocycles. The van der Waals surface area contributed by atoms with Gasteiger partial charge < -0.3 is 14.4 Å². The van der Waals surface area contributed by atoms with E-state index < -0.39 is 11.4 Å². The van der Waals surface area contributed by atoms with E-state index in [1.165, 1.54) is 0 Å². The summed E-state index contributed by atoms with van der Waals surface area (Å²) in [5.41, 5.74) is -1.15. The molecule has 1 saturated heterocycles. The first-order valence-corrected chi connectivity index (χ1v) is 7.37. The number of hydrogen-bond acceptors (Lipinski definition) is 5. The molecular weight excluding hydrogens is 274 g/mol. The number of hydrogen-bond donors (Lipinski definition) is 0. The number of unbranched alkanes of at least 4 members (excludes halogenated alkanes) is 1. The molecule has 0 N–H and O–H groups in total. The van der Waals surface area contributed by atoms with E-state index in [2.05, 4.69) is 0 Å². The molecule has 0 aromatic heterocycles. The van der Waals surface area contributed by atoms with Crippen LogP contribution in [0, 0.1) is 5.41 Å². The number of amides is 1. The van der Waals surface area contributed by atoms with Gasteiger partial charge in [0, 0.05) is 19.5 Å². The van der Waals surface area contributed by atoms with Crippen LogP contribution in [0.15, 0.2) is 0 Å². The van der Waals surface area contributed by atoms with Crippen molar-refractivity contribution in [3.63, 3.8) is 0 Å². The molecule has 6 heteroatoms. The third kappa shape index (κ3) is 4.37. The molecule has 1 fully saturated rings. The fourth-order valence-corrected chi connectivity index (χ4v) is 2.56. The van der Waals surface area contributed by atoms with Crippen LogP contribution in [0.5, 0.6) is 0 Å². The molecule has 1 amide bonds. The molecule has 1 aliphatic rings. The molecule has 0 aromatic carbocycles. The maximum atomic E-state index is 12.5. The van der Waals surface area contributed by atoms with Crippen molar-refractivity contribution in [2.75, 3.05) is 19.7 Å². The van der Waals surface area contributed by atoms with Crippen LogP contribution in [0.2, 0.25) is 0 Å². The summed E-state index contributed by atoms with van der Waals surface area (Å²) < 4.78 is 4.77. The number of nitrogens with zero attached hydrogens (tertiary/aromatic N) is 1. The van der Waals surface area contributed by atoms with E-state index in [1.54, 1.807) is 18.7 Å². The lowest BCUT2D eigenvalue weighted by molar-refractivity contribution is -0.155. The largest absolute Gasteiger partial charge is 0.466 e. The Morgan fingerprint density at radius 3 is 2.76 bits per heavy atom. The topological polar surface area (TPSA) is 80.8 Å². The number of ketones is 1. The molecule has 1 aliphatic heterocycles. The van der Waals surface area contributed by atoms with Gasteiger partial charge in [0.25, 0.3) is 0 Å². The minimum Gasteiger partial charge on any atom is -0.466 e. The fraction of sp³-hybridized carbons (Fsp3) is 0.733. The molecule has 21 heavy (non-hydrogen) atoms. The second-order valence-corrected chi connectivity index (χ2v) is 5.44. The van der Waals surface area contributed by atoms with Gasteiger partial charge in [0.2, 0.25) is 5.91 Å². The summed E-state index contributed by atoms with van der Waals surface area (Å²) in [4.78, 5) is 48.2. The molecule has 1 atom stereocenters. The molecule has 0 spiro atoms. The minimum absolute atomic E-state index is 0.217. The summed E-state index contributed by atoms with van der Waals surface area (Å²) in [7, 11) is 0. The fourth-order valence-electron chi connectivity index (χ4n) is 2.56. The van der Waals surface area contributed by atoms with Crippen molar-refractivity contribution in [3.05, 3.63) is 0 Å². The summed E-state index contributed by atoms with van der Waals surface area (Å²) >= 11 is 0. The van der Waals surface area contributed by atoms with Crippen LogP contribution in [0.1, 0.15) is 46.0 Å². The highest BCUT2D eigenvalue weighted by Gasteiger charge is 2.45. The summed E-state index contributed by atoms with van der Waals surface area (Å²) in [6, 6.07) is 0. The summed E-state index contributed by atoms with van der Waals surface area (Å²) in [6.45, 7) is 4.56. The number of Topliss-reactive ketones (excluding diaryl/α,β-unsaturated/α-hetero) is 1. The Bertz CT molecular complexity index is 420. The van der Waals surface area contributed by atoms with E-state index in [1.807, 2.05) is 0 Å². The van der Waals surface area contributed by atoms with Gasteiger partial charge in [-0.2, -0.15) is 0 Å². The lowest BCUT2D eigenvalue weighted by Gasteiger charge is -2.38. The molecule has 118 valence electrons. The second kappa shape index (κ2) is 7.90. The van der Waals surface area contributed by atoms with Crippen molar-refractivity contribution < 1.29 is 23.9 Å². The number of rotatable bonds is 8. The molecule has 0 saturated carbocycles. The van der Waals surface area contributed by atoms with Crippen LogP contribution < -0.4 is 0 Å². The molecule has 0 radical (unpaired) electrons. The van der Waals surface area contributed by atoms with E-state index in [4.69, 9.17) is 4.74 Å². The van der Waals surface area contributed by atoms with Gasteiger partial charge in [0.15, 0.2) is 5.78 Å². The predicted molar refractivity (Wildman–Crippen MR) is 75.5 cm³/mol. The molecule has 0 aromatic rings. The molecule has 1 rings (SSSR count). The Morgan fingerprint density at radius 1 is 1.43 bits per heavy atom. The van der Waals surface area contributed by atoms with Crippen LogP contribution in [0.4, 0.5) is 0 Å². The molecular formula is C15H23NO5. The van der Waals surface area contributed by atoms with E-state index in [0.29, 0.717) is 32.4 Å². The normalized spacial score (nSPS) is 22.0. The monoisotopic (exact) mass is 297 g/mol. The molecule has 0 aliphatic carbocycles. The number of ether oxygens (including phenoxy) is 1. The first-order chi connectivity index (χ1) is 9.95. The van der Waals surface area contributed by atoms with Gasteiger partial charge in [-0.25, -0.2) is 0 Å². The summed E-state index contributed by atoms with van der Waals surface area (Å²) in [5.74, 6) is -1.21. The summed E-state index contributed by atoms with van der Waals surface area (Å²) in [6.07, 6.45) is 2.62. The third-order valence-electron chi connectivity index (χ3n) is 3.84. The third-order valence-corrected chi connectivity index (χ3v) is 3.84. The quantitative estimate of drug-likeness (QED) is 0.290. The first kappa shape index (κ1) is 17.3. The van der Waals surface area contributed by atoms with E-state index in [0.717, 1.165) is 12.7 Å². The second-order valence-electron chi connectivity index (χ2n) is 5.44. The van der Waals surface area contributed by atoms with Gasteiger partial charge in [0.05, 0.1) is 6.61 Å². The van der Waals surface area contributed by atoms with Crippen LogP contribution in [0.3, 0.4) is 0 Å². The lowest BCUT2D eigenvalue weighted by Crippen LogP contribution is -2.51. The number of aldehydes is 1. The summed E-state index contributed by atoms with van der Waals surface area (Å²) in [5, 5.41) is 0. The van der Waals surface area contributed by atoms with E-state index in [9.17, 15) is 19.2 Å². The Kier molecular flexibility index (Phi) is 6.52. The highest BCUT2D eigenvalue weighted by atomic mass is 16.5. The molecule has 0 bridgehead atoms. The average molecular weight is 297 g/mol. The van der Waals surface area contributed by atoms with E-state index >= 15 is 0 Å². The highest BCUT2D eigenvalue weighted by molar-refractivity contribution is 6.11. The van der Waals surface area contributed by atoms with Gasteiger partial charge >= 0.3 is 5.97 Å². The number of likely N-dealkylation sites (tertiary alicyclic amines) is 1. The number of carbonyl (C=O) groups excluding carboxylic acids is 4. The number of carbonyl (C=O) groups is 4. The maximum Gasteiger partial charge on any atom is 0.313 e. The van der Waals surface area contributed by atoms with Crippen LogP contribution >= 0.6 is 0 Å². The Labute approximate surface area is 124 Å². The lowest BCUT2D eigenvalue weighted by atomic mass is 9.76. The number of piperidine rings is 1. The molecule has 1 unspecified atom stereocenters. The van der Waals surface area contributed by atoms with Crippen molar-refractivity contribution in [1.82, 2.24) is 4.90 Å². The zero-order chi connectivity index (χ0) is 15.9. The van der Waals surface area contributed by atoms with Gasteiger partial charge in [-0.1, -0.05) is 0 Å². The van der Waals surface area contributed by atoms with Gasteiger partial charge in [-0.15, -0.1) is 0 Å². The smallest absolute Gasteiger partial charge is 0.313 e. The Morgan fingerprint density at radius 2 is 2.14 bits per heavy atom.